The van der Waals surface area contributed by atoms with Crippen LogP contribution in [0, 0.1) is 13.8 Å². The molecular formula is C15H20N2O6S. The molecule has 2 fully saturated rings. The van der Waals surface area contributed by atoms with Gasteiger partial charge in [-0.3, -0.25) is 14.5 Å². The fourth-order valence-corrected chi connectivity index (χ4v) is 5.66. The third-order valence-corrected chi connectivity index (χ3v) is 6.36. The molecule has 2 saturated heterocycles. The molecule has 3 rings (SSSR count). The van der Waals surface area contributed by atoms with Crippen molar-refractivity contribution in [1.29, 1.82) is 0 Å². The SMILES string of the molecule is Cc1cc(C(=O)N2CCN(CC(=O)O)[C@@H]3CS(=O)(=O)C[C@@H]32)c(C)o1. The highest BCUT2D eigenvalue weighted by molar-refractivity contribution is 7.91. The molecule has 1 aromatic heterocycles. The Bertz CT molecular complexity index is 784. The number of sulfone groups is 1. The predicted molar refractivity (Wildman–Crippen MR) is 84.7 cm³/mol. The van der Waals surface area contributed by atoms with Gasteiger partial charge in [0.2, 0.25) is 0 Å². The van der Waals surface area contributed by atoms with Gasteiger partial charge in [-0.25, -0.2) is 8.42 Å². The molecular weight excluding hydrogens is 336 g/mol. The zero-order valence-corrected chi connectivity index (χ0v) is 14.4. The van der Waals surface area contributed by atoms with E-state index in [1.54, 1.807) is 29.7 Å². The topological polar surface area (TPSA) is 108 Å². The summed E-state index contributed by atoms with van der Waals surface area (Å²) in [6, 6.07) is 0.655. The van der Waals surface area contributed by atoms with Crippen LogP contribution in [0.15, 0.2) is 10.5 Å². The van der Waals surface area contributed by atoms with Gasteiger partial charge in [0.15, 0.2) is 9.84 Å². The summed E-state index contributed by atoms with van der Waals surface area (Å²) in [7, 11) is -3.30. The van der Waals surface area contributed by atoms with E-state index in [0.717, 1.165) is 0 Å². The average molecular weight is 356 g/mol. The highest BCUT2D eigenvalue weighted by atomic mass is 32.2. The molecule has 0 unspecified atom stereocenters. The number of carbonyl (C=O) groups excluding carboxylic acids is 1. The van der Waals surface area contributed by atoms with Crippen LogP contribution in [-0.2, 0) is 14.6 Å². The van der Waals surface area contributed by atoms with Gasteiger partial charge in [-0.05, 0) is 19.9 Å². The van der Waals surface area contributed by atoms with Crippen molar-refractivity contribution in [1.82, 2.24) is 9.80 Å². The highest BCUT2D eigenvalue weighted by Crippen LogP contribution is 2.29. The lowest BCUT2D eigenvalue weighted by Crippen LogP contribution is -2.61. The van der Waals surface area contributed by atoms with Crippen molar-refractivity contribution in [3.8, 4) is 0 Å². The monoisotopic (exact) mass is 356 g/mol. The van der Waals surface area contributed by atoms with Crippen molar-refractivity contribution in [3.05, 3.63) is 23.2 Å². The van der Waals surface area contributed by atoms with Crippen LogP contribution in [0.4, 0.5) is 0 Å². The number of amides is 1. The summed E-state index contributed by atoms with van der Waals surface area (Å²) in [5, 5.41) is 9.02. The zero-order chi connectivity index (χ0) is 17.6. The molecule has 0 spiro atoms. The largest absolute Gasteiger partial charge is 0.480 e. The number of furan rings is 1. The Balaban J connectivity index is 1.89. The van der Waals surface area contributed by atoms with Crippen LogP contribution in [0.5, 0.6) is 0 Å². The number of hydrogen-bond donors (Lipinski definition) is 1. The number of carboxylic acid groups (broad SMARTS) is 1. The summed E-state index contributed by atoms with van der Waals surface area (Å²) in [6.07, 6.45) is 0. The van der Waals surface area contributed by atoms with Crippen LogP contribution in [-0.4, -0.2) is 78.4 Å². The molecule has 8 nitrogen and oxygen atoms in total. The second-order valence-electron chi connectivity index (χ2n) is 6.40. The first-order chi connectivity index (χ1) is 11.2. The van der Waals surface area contributed by atoms with Gasteiger partial charge in [0.05, 0.1) is 29.7 Å². The summed E-state index contributed by atoms with van der Waals surface area (Å²) < 4.78 is 29.5. The van der Waals surface area contributed by atoms with E-state index >= 15 is 0 Å². The number of aliphatic carboxylic acids is 1. The van der Waals surface area contributed by atoms with Crippen molar-refractivity contribution in [2.45, 2.75) is 25.9 Å². The van der Waals surface area contributed by atoms with Crippen molar-refractivity contribution in [3.63, 3.8) is 0 Å². The summed E-state index contributed by atoms with van der Waals surface area (Å²) in [5.74, 6) is -0.377. The van der Waals surface area contributed by atoms with E-state index in [9.17, 15) is 18.0 Å². The van der Waals surface area contributed by atoms with Gasteiger partial charge in [-0.15, -0.1) is 0 Å². The van der Waals surface area contributed by atoms with Crippen molar-refractivity contribution < 1.29 is 27.5 Å². The highest BCUT2D eigenvalue weighted by Gasteiger charge is 2.48. The number of carboxylic acids is 1. The van der Waals surface area contributed by atoms with Crippen LogP contribution in [0.3, 0.4) is 0 Å². The minimum absolute atomic E-state index is 0.113. The molecule has 0 radical (unpaired) electrons. The lowest BCUT2D eigenvalue weighted by molar-refractivity contribution is -0.139. The molecule has 1 aromatic rings. The Kier molecular flexibility index (Phi) is 4.16. The quantitative estimate of drug-likeness (QED) is 0.806. The number of fused-ring (bicyclic) bond motifs is 1. The average Bonchev–Trinajstić information content (AvgIpc) is 2.96. The smallest absolute Gasteiger partial charge is 0.317 e. The molecule has 9 heteroatoms. The molecule has 1 N–H and O–H groups in total. The van der Waals surface area contributed by atoms with Gasteiger partial charge in [0, 0.05) is 19.1 Å². The van der Waals surface area contributed by atoms with Crippen molar-refractivity contribution >= 4 is 21.7 Å². The molecule has 2 atom stereocenters. The van der Waals surface area contributed by atoms with Crippen LogP contribution in [0.2, 0.25) is 0 Å². The summed E-state index contributed by atoms with van der Waals surface area (Å²) in [4.78, 5) is 27.1. The maximum atomic E-state index is 12.9. The molecule has 0 aromatic carbocycles. The number of hydrogen-bond acceptors (Lipinski definition) is 6. The Morgan fingerprint density at radius 3 is 2.50 bits per heavy atom. The number of piperazine rings is 1. The van der Waals surface area contributed by atoms with Gasteiger partial charge in [-0.1, -0.05) is 0 Å². The van der Waals surface area contributed by atoms with E-state index in [4.69, 9.17) is 9.52 Å². The zero-order valence-electron chi connectivity index (χ0n) is 13.6. The normalized spacial score (nSPS) is 26.3. The van der Waals surface area contributed by atoms with E-state index in [1.807, 2.05) is 0 Å². The lowest BCUT2D eigenvalue weighted by atomic mass is 10.0. The number of nitrogens with zero attached hydrogens (tertiary/aromatic N) is 2. The minimum Gasteiger partial charge on any atom is -0.480 e. The molecule has 0 bridgehead atoms. The number of aryl methyl sites for hydroxylation is 2. The first kappa shape index (κ1) is 17.0. The molecule has 2 aliphatic heterocycles. The molecule has 2 aliphatic rings. The molecule has 0 aliphatic carbocycles. The van der Waals surface area contributed by atoms with Crippen LogP contribution in [0.1, 0.15) is 21.9 Å². The fourth-order valence-electron chi connectivity index (χ4n) is 3.64. The van der Waals surface area contributed by atoms with Crippen molar-refractivity contribution in [2.24, 2.45) is 0 Å². The predicted octanol–water partition coefficient (Wildman–Crippen LogP) is -0.0956. The molecule has 3 heterocycles. The molecule has 24 heavy (non-hydrogen) atoms. The minimum atomic E-state index is -3.30. The fraction of sp³-hybridized carbons (Fsp3) is 0.600. The summed E-state index contributed by atoms with van der Waals surface area (Å²) in [5.41, 5.74) is 0.433. The first-order valence-electron chi connectivity index (χ1n) is 7.72. The maximum absolute atomic E-state index is 12.9. The van der Waals surface area contributed by atoms with Gasteiger partial charge in [0.1, 0.15) is 11.5 Å². The molecule has 1 amide bonds. The standard InChI is InChI=1S/C15H20N2O6S/c1-9-5-11(10(2)23-9)15(20)17-4-3-16(6-14(18)19)12-7-24(21,22)8-13(12)17/h5,12-13H,3-4,6-8H2,1-2H3,(H,18,19)/t12-,13+/m1/s1. The number of carbonyl (C=O) groups is 2. The van der Waals surface area contributed by atoms with Crippen molar-refractivity contribution in [2.75, 3.05) is 31.1 Å². The van der Waals surface area contributed by atoms with E-state index in [-0.39, 0.29) is 24.0 Å². The van der Waals surface area contributed by atoms with Gasteiger partial charge < -0.3 is 14.4 Å². The van der Waals surface area contributed by atoms with E-state index in [0.29, 0.717) is 30.2 Å². The first-order valence-corrected chi connectivity index (χ1v) is 9.54. The Labute approximate surface area is 139 Å². The third-order valence-electron chi connectivity index (χ3n) is 4.66. The van der Waals surface area contributed by atoms with Crippen LogP contribution < -0.4 is 0 Å². The Hall–Kier alpha value is -1.87. The van der Waals surface area contributed by atoms with E-state index in [1.165, 1.54) is 0 Å². The summed E-state index contributed by atoms with van der Waals surface area (Å²) >= 11 is 0. The van der Waals surface area contributed by atoms with Gasteiger partial charge in [-0.2, -0.15) is 0 Å². The Morgan fingerprint density at radius 2 is 1.92 bits per heavy atom. The Morgan fingerprint density at radius 1 is 1.25 bits per heavy atom. The second kappa shape index (κ2) is 5.89. The van der Waals surface area contributed by atoms with E-state index < -0.39 is 27.9 Å². The number of rotatable bonds is 3. The summed E-state index contributed by atoms with van der Waals surface area (Å²) in [6.45, 7) is 3.86. The second-order valence-corrected chi connectivity index (χ2v) is 8.56. The lowest BCUT2D eigenvalue weighted by Gasteiger charge is -2.43. The van der Waals surface area contributed by atoms with Gasteiger partial charge in [0.25, 0.3) is 5.91 Å². The molecule has 132 valence electrons. The molecule has 0 saturated carbocycles. The van der Waals surface area contributed by atoms with E-state index in [2.05, 4.69) is 0 Å². The van der Waals surface area contributed by atoms with Crippen LogP contribution in [0.25, 0.3) is 0 Å². The third kappa shape index (κ3) is 3.05. The van der Waals surface area contributed by atoms with Gasteiger partial charge >= 0.3 is 5.97 Å². The maximum Gasteiger partial charge on any atom is 0.317 e. The van der Waals surface area contributed by atoms with Crippen LogP contribution >= 0.6 is 0 Å².